The van der Waals surface area contributed by atoms with E-state index in [2.05, 4.69) is 21.2 Å². The van der Waals surface area contributed by atoms with E-state index in [1.54, 1.807) is 24.5 Å². The number of amides is 1. The van der Waals surface area contributed by atoms with Crippen LogP contribution in [0.15, 0.2) is 22.7 Å². The van der Waals surface area contributed by atoms with E-state index in [4.69, 9.17) is 5.73 Å². The highest BCUT2D eigenvalue weighted by Crippen LogP contribution is 2.19. The van der Waals surface area contributed by atoms with Gasteiger partial charge in [-0.15, -0.1) is 0 Å². The van der Waals surface area contributed by atoms with Crippen LogP contribution in [0.2, 0.25) is 0 Å². The van der Waals surface area contributed by atoms with Gasteiger partial charge in [0.1, 0.15) is 0 Å². The van der Waals surface area contributed by atoms with Crippen LogP contribution in [0.25, 0.3) is 0 Å². The lowest BCUT2D eigenvalue weighted by Crippen LogP contribution is -2.27. The normalized spacial score (nSPS) is 12.1. The Bertz CT molecular complexity index is 423. The zero-order valence-corrected chi connectivity index (χ0v) is 11.2. The van der Waals surface area contributed by atoms with E-state index >= 15 is 0 Å². The molecule has 0 saturated carbocycles. The van der Waals surface area contributed by atoms with E-state index in [1.807, 2.05) is 0 Å². The van der Waals surface area contributed by atoms with Crippen LogP contribution in [0.5, 0.6) is 0 Å². The quantitative estimate of drug-likeness (QED) is 0.819. The summed E-state index contributed by atoms with van der Waals surface area (Å²) in [5.74, 6) is 0.232. The second kappa shape index (κ2) is 6.00. The van der Waals surface area contributed by atoms with Crippen molar-refractivity contribution in [2.24, 2.45) is 0 Å². The standard InChI is InChI=1S/C10H13BrN2O2S/c1-16(15)5-4-13-10(14)8-6-7(12)2-3-9(8)11/h2-3,6H,4-5,12H2,1H3,(H,13,14). The highest BCUT2D eigenvalue weighted by molar-refractivity contribution is 9.10. The maximum absolute atomic E-state index is 11.7. The Morgan fingerprint density at radius 1 is 1.56 bits per heavy atom. The van der Waals surface area contributed by atoms with Gasteiger partial charge in [-0.3, -0.25) is 9.00 Å². The van der Waals surface area contributed by atoms with Crippen molar-refractivity contribution in [1.29, 1.82) is 0 Å². The summed E-state index contributed by atoms with van der Waals surface area (Å²) >= 11 is 3.28. The first-order valence-electron chi connectivity index (χ1n) is 4.64. The van der Waals surface area contributed by atoms with Gasteiger partial charge in [0.05, 0.1) is 5.56 Å². The van der Waals surface area contributed by atoms with Crippen LogP contribution in [0.3, 0.4) is 0 Å². The third kappa shape index (κ3) is 3.94. The van der Waals surface area contributed by atoms with Gasteiger partial charge in [0.2, 0.25) is 0 Å². The molecule has 0 radical (unpaired) electrons. The number of nitrogen functional groups attached to an aromatic ring is 1. The number of hydrogen-bond acceptors (Lipinski definition) is 3. The van der Waals surface area contributed by atoms with Gasteiger partial charge in [-0.25, -0.2) is 0 Å². The molecule has 1 unspecified atom stereocenters. The van der Waals surface area contributed by atoms with E-state index in [9.17, 15) is 9.00 Å². The third-order valence-corrected chi connectivity index (χ3v) is 3.38. The van der Waals surface area contributed by atoms with Crippen molar-refractivity contribution in [3.63, 3.8) is 0 Å². The lowest BCUT2D eigenvalue weighted by atomic mass is 10.2. The first kappa shape index (κ1) is 13.2. The fraction of sp³-hybridized carbons (Fsp3) is 0.300. The molecule has 1 rings (SSSR count). The summed E-state index contributed by atoms with van der Waals surface area (Å²) in [4.78, 5) is 11.7. The topological polar surface area (TPSA) is 72.2 Å². The van der Waals surface area contributed by atoms with Crippen LogP contribution in [0.1, 0.15) is 10.4 Å². The van der Waals surface area contributed by atoms with Crippen LogP contribution in [-0.4, -0.2) is 28.7 Å². The van der Waals surface area contributed by atoms with E-state index < -0.39 is 10.8 Å². The van der Waals surface area contributed by atoms with Gasteiger partial charge in [-0.1, -0.05) is 0 Å². The minimum atomic E-state index is -0.899. The number of hydrogen-bond donors (Lipinski definition) is 2. The largest absolute Gasteiger partial charge is 0.399 e. The van der Waals surface area contributed by atoms with Gasteiger partial charge in [-0.2, -0.15) is 0 Å². The average molecular weight is 305 g/mol. The van der Waals surface area contributed by atoms with Crippen molar-refractivity contribution in [1.82, 2.24) is 5.32 Å². The summed E-state index contributed by atoms with van der Waals surface area (Å²) in [6.45, 7) is 0.392. The fourth-order valence-electron chi connectivity index (χ4n) is 1.12. The molecule has 6 heteroatoms. The predicted octanol–water partition coefficient (Wildman–Crippen LogP) is 1.14. The van der Waals surface area contributed by atoms with Crippen molar-refractivity contribution >= 4 is 38.3 Å². The lowest BCUT2D eigenvalue weighted by Gasteiger charge is -2.06. The smallest absolute Gasteiger partial charge is 0.252 e. The predicted molar refractivity (Wildman–Crippen MR) is 69.8 cm³/mol. The van der Waals surface area contributed by atoms with E-state index in [0.29, 0.717) is 28.0 Å². The number of nitrogens with one attached hydrogen (secondary N) is 1. The van der Waals surface area contributed by atoms with Gasteiger partial charge in [0, 0.05) is 39.5 Å². The van der Waals surface area contributed by atoms with Gasteiger partial charge in [0.15, 0.2) is 0 Å². The molecule has 16 heavy (non-hydrogen) atoms. The molecule has 0 heterocycles. The molecule has 0 spiro atoms. The van der Waals surface area contributed by atoms with Crippen molar-refractivity contribution in [2.75, 3.05) is 24.3 Å². The Morgan fingerprint density at radius 2 is 2.25 bits per heavy atom. The molecule has 0 aliphatic rings. The Kier molecular flexibility index (Phi) is 4.95. The number of carbonyl (C=O) groups is 1. The summed E-state index contributed by atoms with van der Waals surface area (Å²) in [5.41, 5.74) is 6.62. The molecule has 0 saturated heterocycles. The first-order valence-corrected chi connectivity index (χ1v) is 7.16. The molecule has 0 aliphatic heterocycles. The number of carbonyl (C=O) groups excluding carboxylic acids is 1. The van der Waals surface area contributed by atoms with Crippen LogP contribution >= 0.6 is 15.9 Å². The molecule has 1 aromatic rings. The van der Waals surface area contributed by atoms with Gasteiger partial charge >= 0.3 is 0 Å². The van der Waals surface area contributed by atoms with Gasteiger partial charge in [-0.05, 0) is 34.1 Å². The molecule has 1 atom stereocenters. The second-order valence-corrected chi connectivity index (χ2v) is 5.68. The number of halogens is 1. The molecule has 1 amide bonds. The average Bonchev–Trinajstić information content (AvgIpc) is 2.21. The zero-order chi connectivity index (χ0) is 12.1. The van der Waals surface area contributed by atoms with Crippen LogP contribution in [0, 0.1) is 0 Å². The minimum absolute atomic E-state index is 0.218. The molecular formula is C10H13BrN2O2S. The highest BCUT2D eigenvalue weighted by Gasteiger charge is 2.09. The van der Waals surface area contributed by atoms with Crippen LogP contribution in [0.4, 0.5) is 5.69 Å². The van der Waals surface area contributed by atoms with Crippen LogP contribution in [-0.2, 0) is 10.8 Å². The maximum Gasteiger partial charge on any atom is 0.252 e. The fourth-order valence-corrected chi connectivity index (χ4v) is 1.94. The molecular weight excluding hydrogens is 292 g/mol. The summed E-state index contributed by atoms with van der Waals surface area (Å²) in [6, 6.07) is 5.03. The second-order valence-electron chi connectivity index (χ2n) is 3.27. The highest BCUT2D eigenvalue weighted by atomic mass is 79.9. The third-order valence-electron chi connectivity index (χ3n) is 1.91. The maximum atomic E-state index is 11.7. The number of benzene rings is 1. The Labute approximate surface area is 105 Å². The molecule has 3 N–H and O–H groups in total. The summed E-state index contributed by atoms with van der Waals surface area (Å²) in [6.07, 6.45) is 1.60. The zero-order valence-electron chi connectivity index (χ0n) is 8.83. The van der Waals surface area contributed by atoms with Crippen molar-refractivity contribution < 1.29 is 9.00 Å². The number of rotatable bonds is 4. The Balaban J connectivity index is 2.65. The summed E-state index contributed by atoms with van der Waals surface area (Å²) in [5, 5.41) is 2.68. The van der Waals surface area contributed by atoms with E-state index in [-0.39, 0.29) is 5.91 Å². The Hall–Kier alpha value is -0.880. The van der Waals surface area contributed by atoms with Gasteiger partial charge < -0.3 is 11.1 Å². The number of nitrogens with two attached hydrogens (primary N) is 1. The monoisotopic (exact) mass is 304 g/mol. The first-order chi connectivity index (χ1) is 7.50. The molecule has 88 valence electrons. The molecule has 0 bridgehead atoms. The van der Waals surface area contributed by atoms with E-state index in [0.717, 1.165) is 0 Å². The molecule has 0 aliphatic carbocycles. The number of anilines is 1. The summed E-state index contributed by atoms with van der Waals surface area (Å²) < 4.78 is 11.5. The lowest BCUT2D eigenvalue weighted by molar-refractivity contribution is 0.0955. The van der Waals surface area contributed by atoms with Crippen molar-refractivity contribution in [3.05, 3.63) is 28.2 Å². The summed E-state index contributed by atoms with van der Waals surface area (Å²) in [7, 11) is -0.899. The Morgan fingerprint density at radius 3 is 2.88 bits per heavy atom. The molecule has 0 aromatic heterocycles. The molecule has 0 fully saturated rings. The van der Waals surface area contributed by atoms with Gasteiger partial charge in [0.25, 0.3) is 5.91 Å². The molecule has 1 aromatic carbocycles. The van der Waals surface area contributed by atoms with Crippen molar-refractivity contribution in [3.8, 4) is 0 Å². The van der Waals surface area contributed by atoms with Crippen LogP contribution < -0.4 is 11.1 Å². The minimum Gasteiger partial charge on any atom is -0.399 e. The molecule has 4 nitrogen and oxygen atoms in total. The van der Waals surface area contributed by atoms with E-state index in [1.165, 1.54) is 0 Å². The SMILES string of the molecule is CS(=O)CCNC(=O)c1cc(N)ccc1Br. The van der Waals surface area contributed by atoms with Crippen molar-refractivity contribution in [2.45, 2.75) is 0 Å².